The molecule has 1 aliphatic carbocycles. The van der Waals surface area contributed by atoms with Crippen LogP contribution in [0.1, 0.15) is 30.3 Å². The first-order valence-corrected chi connectivity index (χ1v) is 8.08. The molecule has 0 radical (unpaired) electrons. The van der Waals surface area contributed by atoms with Crippen LogP contribution in [-0.2, 0) is 13.0 Å². The molecule has 1 N–H and O–H groups in total. The normalized spacial score (nSPS) is 14.4. The van der Waals surface area contributed by atoms with Crippen LogP contribution in [0.5, 0.6) is 5.75 Å². The van der Waals surface area contributed by atoms with Crippen LogP contribution < -0.4 is 10.1 Å². The molecule has 0 saturated heterocycles. The molecule has 0 amide bonds. The van der Waals surface area contributed by atoms with Gasteiger partial charge in [-0.25, -0.2) is 9.37 Å². The highest BCUT2D eigenvalue weighted by Crippen LogP contribution is 2.32. The largest absolute Gasteiger partial charge is 0.494 e. The quantitative estimate of drug-likeness (QED) is 0.882. The van der Waals surface area contributed by atoms with E-state index in [-0.39, 0.29) is 11.6 Å². The second kappa shape index (κ2) is 6.12. The summed E-state index contributed by atoms with van der Waals surface area (Å²) in [5.41, 5.74) is 2.04. The number of nitrogens with zero attached hydrogens (tertiary/aromatic N) is 1. The minimum absolute atomic E-state index is 0.262. The van der Waals surface area contributed by atoms with E-state index in [1.165, 1.54) is 30.9 Å². The highest BCUT2D eigenvalue weighted by atomic mass is 32.1. The van der Waals surface area contributed by atoms with Gasteiger partial charge in [-0.15, -0.1) is 11.3 Å². The summed E-state index contributed by atoms with van der Waals surface area (Å²) < 4.78 is 18.5. The number of aromatic nitrogens is 1. The van der Waals surface area contributed by atoms with Gasteiger partial charge in [0.15, 0.2) is 11.6 Å². The minimum atomic E-state index is -0.343. The van der Waals surface area contributed by atoms with Crippen molar-refractivity contribution in [2.24, 2.45) is 0 Å². The van der Waals surface area contributed by atoms with E-state index in [1.54, 1.807) is 23.5 Å². The van der Waals surface area contributed by atoms with Gasteiger partial charge in [0.2, 0.25) is 0 Å². The predicted molar refractivity (Wildman–Crippen MR) is 83.3 cm³/mol. The van der Waals surface area contributed by atoms with E-state index in [0.717, 1.165) is 29.2 Å². The molecular weight excluding hydrogens is 287 g/mol. The van der Waals surface area contributed by atoms with Crippen molar-refractivity contribution in [2.45, 2.75) is 38.8 Å². The van der Waals surface area contributed by atoms with Gasteiger partial charge in [0, 0.05) is 23.0 Å². The fraction of sp³-hybridized carbons (Fsp3) is 0.438. The summed E-state index contributed by atoms with van der Waals surface area (Å²) >= 11 is 1.68. The lowest BCUT2D eigenvalue weighted by molar-refractivity contribution is 0.387. The molecule has 0 aliphatic heterocycles. The van der Waals surface area contributed by atoms with Crippen LogP contribution in [0.3, 0.4) is 0 Å². The molecule has 2 aromatic rings. The van der Waals surface area contributed by atoms with Crippen molar-refractivity contribution < 1.29 is 9.13 Å². The molecule has 1 aromatic heterocycles. The Kier molecular flexibility index (Phi) is 4.22. The van der Waals surface area contributed by atoms with Crippen LogP contribution in [-0.4, -0.2) is 18.1 Å². The van der Waals surface area contributed by atoms with Gasteiger partial charge < -0.3 is 10.1 Å². The Hall–Kier alpha value is -1.46. The SMILES string of the molecule is CCc1nc(-c2ccc(F)c(OC)c2)sc1CNC1CC1. The minimum Gasteiger partial charge on any atom is -0.494 e. The Balaban J connectivity index is 1.86. The van der Waals surface area contributed by atoms with Crippen molar-refractivity contribution in [1.82, 2.24) is 10.3 Å². The van der Waals surface area contributed by atoms with Gasteiger partial charge in [0.05, 0.1) is 12.8 Å². The van der Waals surface area contributed by atoms with Gasteiger partial charge in [0.1, 0.15) is 5.01 Å². The number of nitrogens with one attached hydrogen (secondary N) is 1. The van der Waals surface area contributed by atoms with Crippen LogP contribution in [0.2, 0.25) is 0 Å². The van der Waals surface area contributed by atoms with Gasteiger partial charge in [-0.05, 0) is 37.5 Å². The van der Waals surface area contributed by atoms with Gasteiger partial charge in [0.25, 0.3) is 0 Å². The smallest absolute Gasteiger partial charge is 0.165 e. The van der Waals surface area contributed by atoms with Crippen LogP contribution in [0.15, 0.2) is 18.2 Å². The van der Waals surface area contributed by atoms with Gasteiger partial charge in [-0.2, -0.15) is 0 Å². The highest BCUT2D eigenvalue weighted by Gasteiger charge is 2.21. The van der Waals surface area contributed by atoms with E-state index in [4.69, 9.17) is 9.72 Å². The lowest BCUT2D eigenvalue weighted by Gasteiger charge is -2.03. The van der Waals surface area contributed by atoms with Crippen LogP contribution in [0.4, 0.5) is 4.39 Å². The molecular formula is C16H19FN2OS. The molecule has 1 aromatic carbocycles. The third-order valence-corrected chi connectivity index (χ3v) is 4.79. The maximum Gasteiger partial charge on any atom is 0.165 e. The first-order valence-electron chi connectivity index (χ1n) is 7.27. The standard InChI is InChI=1S/C16H19FN2OS/c1-3-13-15(9-18-11-5-6-11)21-16(19-13)10-4-7-12(17)14(8-10)20-2/h4,7-8,11,18H,3,5-6,9H2,1-2H3. The van der Waals surface area contributed by atoms with E-state index < -0.39 is 0 Å². The molecule has 1 fully saturated rings. The number of hydrogen-bond donors (Lipinski definition) is 1. The molecule has 0 spiro atoms. The Bertz CT molecular complexity index is 637. The number of rotatable bonds is 6. The van der Waals surface area contributed by atoms with Crippen molar-refractivity contribution in [3.8, 4) is 16.3 Å². The maximum atomic E-state index is 13.5. The Labute approximate surface area is 128 Å². The molecule has 1 aliphatic rings. The Morgan fingerprint density at radius 1 is 1.43 bits per heavy atom. The number of halogens is 1. The van der Waals surface area contributed by atoms with Crippen molar-refractivity contribution in [3.05, 3.63) is 34.6 Å². The lowest BCUT2D eigenvalue weighted by Crippen LogP contribution is -2.15. The fourth-order valence-corrected chi connectivity index (χ4v) is 3.34. The van der Waals surface area contributed by atoms with Crippen LogP contribution in [0, 0.1) is 5.82 Å². The Morgan fingerprint density at radius 3 is 2.90 bits per heavy atom. The van der Waals surface area contributed by atoms with Crippen molar-refractivity contribution >= 4 is 11.3 Å². The first-order chi connectivity index (χ1) is 10.2. The molecule has 3 rings (SSSR count). The fourth-order valence-electron chi connectivity index (χ4n) is 2.24. The third-order valence-electron chi connectivity index (χ3n) is 3.64. The Morgan fingerprint density at radius 2 is 2.24 bits per heavy atom. The summed E-state index contributed by atoms with van der Waals surface area (Å²) in [5, 5.41) is 4.46. The number of hydrogen-bond acceptors (Lipinski definition) is 4. The number of methoxy groups -OCH3 is 1. The van der Waals surface area contributed by atoms with Crippen molar-refractivity contribution in [2.75, 3.05) is 7.11 Å². The number of ether oxygens (including phenoxy) is 1. The van der Waals surface area contributed by atoms with Gasteiger partial charge in [-0.1, -0.05) is 6.92 Å². The number of benzene rings is 1. The van der Waals surface area contributed by atoms with E-state index in [1.807, 2.05) is 0 Å². The second-order valence-corrected chi connectivity index (χ2v) is 6.33. The average Bonchev–Trinajstić information content (AvgIpc) is 3.24. The zero-order chi connectivity index (χ0) is 14.8. The summed E-state index contributed by atoms with van der Waals surface area (Å²) in [6, 6.07) is 5.59. The average molecular weight is 306 g/mol. The van der Waals surface area contributed by atoms with Crippen LogP contribution >= 0.6 is 11.3 Å². The summed E-state index contributed by atoms with van der Waals surface area (Å²) in [7, 11) is 1.48. The van der Waals surface area contributed by atoms with E-state index in [0.29, 0.717) is 6.04 Å². The molecule has 1 saturated carbocycles. The van der Waals surface area contributed by atoms with E-state index >= 15 is 0 Å². The lowest BCUT2D eigenvalue weighted by atomic mass is 10.2. The van der Waals surface area contributed by atoms with Gasteiger partial charge >= 0.3 is 0 Å². The zero-order valence-corrected chi connectivity index (χ0v) is 13.1. The molecule has 1 heterocycles. The molecule has 21 heavy (non-hydrogen) atoms. The second-order valence-electron chi connectivity index (χ2n) is 5.25. The summed E-state index contributed by atoms with van der Waals surface area (Å²) in [6.45, 7) is 2.99. The van der Waals surface area contributed by atoms with Crippen molar-refractivity contribution in [1.29, 1.82) is 0 Å². The number of aryl methyl sites for hydroxylation is 1. The summed E-state index contributed by atoms with van der Waals surface area (Å²) in [6.07, 6.45) is 3.47. The molecule has 0 unspecified atom stereocenters. The third kappa shape index (κ3) is 3.24. The predicted octanol–water partition coefficient (Wildman–Crippen LogP) is 3.77. The molecule has 0 bridgehead atoms. The van der Waals surface area contributed by atoms with Crippen molar-refractivity contribution in [3.63, 3.8) is 0 Å². The molecule has 112 valence electrons. The maximum absolute atomic E-state index is 13.5. The van der Waals surface area contributed by atoms with Gasteiger partial charge in [-0.3, -0.25) is 0 Å². The topological polar surface area (TPSA) is 34.1 Å². The van der Waals surface area contributed by atoms with Crippen LogP contribution in [0.25, 0.3) is 10.6 Å². The zero-order valence-electron chi connectivity index (χ0n) is 12.3. The molecule has 0 atom stereocenters. The summed E-state index contributed by atoms with van der Waals surface area (Å²) in [4.78, 5) is 5.98. The first kappa shape index (κ1) is 14.5. The monoisotopic (exact) mass is 306 g/mol. The summed E-state index contributed by atoms with van der Waals surface area (Å²) in [5.74, 6) is -0.0810. The molecule has 5 heteroatoms. The number of thiazole rings is 1. The highest BCUT2D eigenvalue weighted by molar-refractivity contribution is 7.15. The van der Waals surface area contributed by atoms with E-state index in [2.05, 4.69) is 12.2 Å². The molecule has 3 nitrogen and oxygen atoms in total. The van der Waals surface area contributed by atoms with E-state index in [9.17, 15) is 4.39 Å².